The molecule has 1 fully saturated rings. The SMILES string of the molecule is CSCc1cc(C(=O)N2CCC(N)C(C)(C)C2)ccc1F. The van der Waals surface area contributed by atoms with Gasteiger partial charge in [-0.05, 0) is 41.9 Å². The quantitative estimate of drug-likeness (QED) is 0.934. The van der Waals surface area contributed by atoms with E-state index in [2.05, 4.69) is 13.8 Å². The Balaban J connectivity index is 2.18. The van der Waals surface area contributed by atoms with Crippen molar-refractivity contribution >= 4 is 17.7 Å². The Morgan fingerprint density at radius 2 is 2.24 bits per heavy atom. The van der Waals surface area contributed by atoms with Crippen LogP contribution in [0.5, 0.6) is 0 Å². The zero-order valence-electron chi connectivity index (χ0n) is 12.9. The summed E-state index contributed by atoms with van der Waals surface area (Å²) in [5.74, 6) is 0.294. The number of likely N-dealkylation sites (tertiary alicyclic amines) is 1. The lowest BCUT2D eigenvalue weighted by molar-refractivity contribution is 0.0533. The number of carbonyl (C=O) groups is 1. The number of hydrogen-bond donors (Lipinski definition) is 1. The summed E-state index contributed by atoms with van der Waals surface area (Å²) >= 11 is 1.54. The molecule has 2 rings (SSSR count). The molecular weight excluding hydrogens is 287 g/mol. The van der Waals surface area contributed by atoms with Gasteiger partial charge in [0.15, 0.2) is 0 Å². The van der Waals surface area contributed by atoms with Crippen LogP contribution in [0.2, 0.25) is 0 Å². The summed E-state index contributed by atoms with van der Waals surface area (Å²) in [6.45, 7) is 5.47. The average Bonchev–Trinajstić information content (AvgIpc) is 2.43. The highest BCUT2D eigenvalue weighted by Crippen LogP contribution is 2.29. The number of nitrogens with two attached hydrogens (primary N) is 1. The van der Waals surface area contributed by atoms with Gasteiger partial charge in [0, 0.05) is 30.4 Å². The topological polar surface area (TPSA) is 46.3 Å². The highest BCUT2D eigenvalue weighted by Gasteiger charge is 2.35. The zero-order valence-corrected chi connectivity index (χ0v) is 13.7. The number of carbonyl (C=O) groups excluding carboxylic acids is 1. The molecule has 1 unspecified atom stereocenters. The summed E-state index contributed by atoms with van der Waals surface area (Å²) in [6, 6.07) is 4.75. The lowest BCUT2D eigenvalue weighted by Gasteiger charge is -2.42. The second-order valence-corrected chi connectivity index (χ2v) is 7.22. The van der Waals surface area contributed by atoms with E-state index in [0.29, 0.717) is 30.0 Å². The van der Waals surface area contributed by atoms with Crippen LogP contribution in [0.1, 0.15) is 36.2 Å². The van der Waals surface area contributed by atoms with Gasteiger partial charge >= 0.3 is 0 Å². The van der Waals surface area contributed by atoms with Gasteiger partial charge in [0.25, 0.3) is 5.91 Å². The molecule has 21 heavy (non-hydrogen) atoms. The van der Waals surface area contributed by atoms with Crippen LogP contribution in [0.25, 0.3) is 0 Å². The molecule has 0 spiro atoms. The van der Waals surface area contributed by atoms with Gasteiger partial charge in [0.1, 0.15) is 5.82 Å². The Bertz CT molecular complexity index is 533. The Kier molecular flexibility index (Phi) is 4.94. The number of amides is 1. The lowest BCUT2D eigenvalue weighted by Crippen LogP contribution is -2.54. The Morgan fingerprint density at radius 1 is 1.52 bits per heavy atom. The van der Waals surface area contributed by atoms with E-state index in [4.69, 9.17) is 5.73 Å². The molecule has 5 heteroatoms. The number of halogens is 1. The van der Waals surface area contributed by atoms with E-state index in [0.717, 1.165) is 6.42 Å². The number of rotatable bonds is 3. The largest absolute Gasteiger partial charge is 0.338 e. The van der Waals surface area contributed by atoms with Crippen molar-refractivity contribution in [3.05, 3.63) is 35.1 Å². The van der Waals surface area contributed by atoms with E-state index in [1.807, 2.05) is 11.2 Å². The maximum atomic E-state index is 13.7. The van der Waals surface area contributed by atoms with Gasteiger partial charge in [-0.3, -0.25) is 4.79 Å². The van der Waals surface area contributed by atoms with Crippen molar-refractivity contribution in [1.29, 1.82) is 0 Å². The molecule has 1 saturated heterocycles. The molecule has 0 aromatic heterocycles. The molecule has 0 radical (unpaired) electrons. The van der Waals surface area contributed by atoms with Crippen molar-refractivity contribution in [3.63, 3.8) is 0 Å². The summed E-state index contributed by atoms with van der Waals surface area (Å²) < 4.78 is 13.7. The monoisotopic (exact) mass is 310 g/mol. The fourth-order valence-corrected chi connectivity index (χ4v) is 3.24. The van der Waals surface area contributed by atoms with Crippen LogP contribution in [0.4, 0.5) is 4.39 Å². The molecule has 2 N–H and O–H groups in total. The molecule has 0 aliphatic carbocycles. The molecule has 1 atom stereocenters. The second-order valence-electron chi connectivity index (χ2n) is 6.35. The Labute approximate surface area is 130 Å². The predicted molar refractivity (Wildman–Crippen MR) is 85.9 cm³/mol. The highest BCUT2D eigenvalue weighted by molar-refractivity contribution is 7.97. The first-order chi connectivity index (χ1) is 9.85. The third-order valence-corrected chi connectivity index (χ3v) is 4.79. The average molecular weight is 310 g/mol. The first-order valence-electron chi connectivity index (χ1n) is 7.17. The van der Waals surface area contributed by atoms with Crippen molar-refractivity contribution in [2.45, 2.75) is 32.1 Å². The number of hydrogen-bond acceptors (Lipinski definition) is 3. The minimum absolute atomic E-state index is 0.0303. The third kappa shape index (κ3) is 3.58. The fourth-order valence-electron chi connectivity index (χ4n) is 2.70. The van der Waals surface area contributed by atoms with Gasteiger partial charge in [-0.15, -0.1) is 0 Å². The van der Waals surface area contributed by atoms with Crippen LogP contribution in [0.15, 0.2) is 18.2 Å². The Hall–Kier alpha value is -1.07. The van der Waals surface area contributed by atoms with Gasteiger partial charge in [-0.25, -0.2) is 4.39 Å². The number of piperidine rings is 1. The van der Waals surface area contributed by atoms with E-state index < -0.39 is 0 Å². The van der Waals surface area contributed by atoms with Crippen LogP contribution in [-0.4, -0.2) is 36.2 Å². The normalized spacial score (nSPS) is 21.4. The summed E-state index contributed by atoms with van der Waals surface area (Å²) in [7, 11) is 0. The lowest BCUT2D eigenvalue weighted by atomic mass is 9.79. The third-order valence-electron chi connectivity index (χ3n) is 4.19. The maximum absolute atomic E-state index is 13.7. The van der Waals surface area contributed by atoms with Crippen LogP contribution in [0.3, 0.4) is 0 Å². The van der Waals surface area contributed by atoms with E-state index >= 15 is 0 Å². The standard InChI is InChI=1S/C16H23FN2OS/c1-16(2)10-19(7-6-14(16)18)15(20)11-4-5-13(17)12(8-11)9-21-3/h4-5,8,14H,6-7,9-10,18H2,1-3H3. The summed E-state index contributed by atoms with van der Waals surface area (Å²) in [6.07, 6.45) is 2.72. The van der Waals surface area contributed by atoms with Crippen LogP contribution in [0, 0.1) is 11.2 Å². The molecule has 1 aromatic rings. The number of nitrogens with zero attached hydrogens (tertiary/aromatic N) is 1. The minimum atomic E-state index is -0.248. The summed E-state index contributed by atoms with van der Waals surface area (Å²) in [4.78, 5) is 14.5. The summed E-state index contributed by atoms with van der Waals surface area (Å²) in [5.41, 5.74) is 7.17. The van der Waals surface area contributed by atoms with Crippen molar-refractivity contribution in [1.82, 2.24) is 4.90 Å². The van der Waals surface area contributed by atoms with Crippen molar-refractivity contribution in [2.24, 2.45) is 11.1 Å². The van der Waals surface area contributed by atoms with E-state index in [9.17, 15) is 9.18 Å². The van der Waals surface area contributed by atoms with Crippen molar-refractivity contribution in [3.8, 4) is 0 Å². The molecule has 1 heterocycles. The summed E-state index contributed by atoms with van der Waals surface area (Å²) in [5, 5.41) is 0. The van der Waals surface area contributed by atoms with E-state index in [1.165, 1.54) is 6.07 Å². The highest BCUT2D eigenvalue weighted by atomic mass is 32.2. The number of benzene rings is 1. The molecule has 1 aliphatic rings. The molecule has 116 valence electrons. The van der Waals surface area contributed by atoms with Crippen LogP contribution < -0.4 is 5.73 Å². The van der Waals surface area contributed by atoms with Crippen molar-refractivity contribution in [2.75, 3.05) is 19.3 Å². The maximum Gasteiger partial charge on any atom is 0.253 e. The molecule has 1 amide bonds. The first kappa shape index (κ1) is 16.3. The van der Waals surface area contributed by atoms with Gasteiger partial charge in [0.05, 0.1) is 0 Å². The van der Waals surface area contributed by atoms with E-state index in [1.54, 1.807) is 23.9 Å². The van der Waals surface area contributed by atoms with E-state index in [-0.39, 0.29) is 23.2 Å². The predicted octanol–water partition coefficient (Wildman–Crippen LogP) is 2.89. The molecule has 3 nitrogen and oxygen atoms in total. The number of thioether (sulfide) groups is 1. The first-order valence-corrected chi connectivity index (χ1v) is 8.57. The van der Waals surface area contributed by atoms with Gasteiger partial charge in [-0.2, -0.15) is 11.8 Å². The smallest absolute Gasteiger partial charge is 0.253 e. The van der Waals surface area contributed by atoms with Crippen molar-refractivity contribution < 1.29 is 9.18 Å². The Morgan fingerprint density at radius 3 is 2.86 bits per heavy atom. The van der Waals surface area contributed by atoms with Gasteiger partial charge in [-0.1, -0.05) is 13.8 Å². The minimum Gasteiger partial charge on any atom is -0.338 e. The second kappa shape index (κ2) is 6.36. The molecular formula is C16H23FN2OS. The molecule has 0 saturated carbocycles. The zero-order chi connectivity index (χ0) is 15.6. The molecule has 0 bridgehead atoms. The van der Waals surface area contributed by atoms with Crippen LogP contribution in [-0.2, 0) is 5.75 Å². The molecule has 1 aromatic carbocycles. The van der Waals surface area contributed by atoms with Gasteiger partial charge < -0.3 is 10.6 Å². The molecule has 1 aliphatic heterocycles. The van der Waals surface area contributed by atoms with Crippen LogP contribution >= 0.6 is 11.8 Å². The van der Waals surface area contributed by atoms with Gasteiger partial charge in [0.2, 0.25) is 0 Å². The fraction of sp³-hybridized carbons (Fsp3) is 0.562.